The topological polar surface area (TPSA) is 55.3 Å². The van der Waals surface area contributed by atoms with Gasteiger partial charge >= 0.3 is 0 Å². The molecule has 0 fully saturated rings. The first-order chi connectivity index (χ1) is 8.60. The second-order valence-corrected chi connectivity index (χ2v) is 4.88. The van der Waals surface area contributed by atoms with E-state index in [1.165, 1.54) is 5.56 Å². The van der Waals surface area contributed by atoms with Gasteiger partial charge in [0.2, 0.25) is 0 Å². The van der Waals surface area contributed by atoms with Gasteiger partial charge in [-0.3, -0.25) is 4.90 Å². The number of nitrogens with zero attached hydrogens (tertiary/aromatic N) is 2. The summed E-state index contributed by atoms with van der Waals surface area (Å²) >= 11 is 0. The molecule has 0 aliphatic carbocycles. The summed E-state index contributed by atoms with van der Waals surface area (Å²) in [4.78, 5) is 6.60. The maximum absolute atomic E-state index is 5.59. The van der Waals surface area contributed by atoms with E-state index in [9.17, 15) is 0 Å². The summed E-state index contributed by atoms with van der Waals surface area (Å²) < 4.78 is 5.55. The molecule has 4 heteroatoms. The van der Waals surface area contributed by atoms with E-state index >= 15 is 0 Å². The fourth-order valence-corrected chi connectivity index (χ4v) is 2.09. The summed E-state index contributed by atoms with van der Waals surface area (Å²) in [5.74, 6) is 0.715. The van der Waals surface area contributed by atoms with Crippen molar-refractivity contribution in [2.75, 3.05) is 13.6 Å². The summed E-state index contributed by atoms with van der Waals surface area (Å²) in [6.45, 7) is 5.70. The number of oxazole rings is 1. The van der Waals surface area contributed by atoms with E-state index in [-0.39, 0.29) is 0 Å². The van der Waals surface area contributed by atoms with Crippen molar-refractivity contribution in [3.05, 3.63) is 29.7 Å². The van der Waals surface area contributed by atoms with E-state index in [1.807, 2.05) is 13.0 Å². The van der Waals surface area contributed by atoms with Crippen LogP contribution < -0.4 is 5.73 Å². The molecule has 0 aliphatic heterocycles. The molecule has 4 nitrogen and oxygen atoms in total. The predicted octanol–water partition coefficient (Wildman–Crippen LogP) is 2.31. The molecule has 0 saturated carbocycles. The Morgan fingerprint density at radius 2 is 2.22 bits per heavy atom. The second-order valence-electron chi connectivity index (χ2n) is 4.88. The van der Waals surface area contributed by atoms with Crippen molar-refractivity contribution < 1.29 is 4.42 Å². The van der Waals surface area contributed by atoms with Crippen LogP contribution in [0.15, 0.2) is 22.6 Å². The number of aryl methyl sites for hydroxylation is 1. The highest BCUT2D eigenvalue weighted by atomic mass is 16.3. The predicted molar refractivity (Wildman–Crippen MR) is 73.3 cm³/mol. The van der Waals surface area contributed by atoms with Gasteiger partial charge in [-0.25, -0.2) is 4.98 Å². The molecule has 0 saturated heterocycles. The monoisotopic (exact) mass is 247 g/mol. The van der Waals surface area contributed by atoms with Crippen molar-refractivity contribution in [1.82, 2.24) is 9.88 Å². The molecular formula is C14H21N3O. The summed E-state index contributed by atoms with van der Waals surface area (Å²) in [7, 11) is 2.12. The Balaban J connectivity index is 2.11. The van der Waals surface area contributed by atoms with E-state index in [1.54, 1.807) is 0 Å². The van der Waals surface area contributed by atoms with Crippen LogP contribution in [0.25, 0.3) is 11.1 Å². The van der Waals surface area contributed by atoms with Crippen LogP contribution in [0.5, 0.6) is 0 Å². The number of hydrogen-bond donors (Lipinski definition) is 1. The van der Waals surface area contributed by atoms with Gasteiger partial charge < -0.3 is 10.2 Å². The van der Waals surface area contributed by atoms with Gasteiger partial charge in [-0.15, -0.1) is 0 Å². The van der Waals surface area contributed by atoms with Crippen LogP contribution in [0.2, 0.25) is 0 Å². The number of benzene rings is 1. The smallest absolute Gasteiger partial charge is 0.192 e. The molecule has 0 bridgehead atoms. The summed E-state index contributed by atoms with van der Waals surface area (Å²) in [5, 5.41) is 0. The van der Waals surface area contributed by atoms with Crippen LogP contribution in [-0.4, -0.2) is 29.5 Å². The van der Waals surface area contributed by atoms with E-state index in [2.05, 4.69) is 36.0 Å². The lowest BCUT2D eigenvalue weighted by Crippen LogP contribution is -2.30. The normalized spacial score (nSPS) is 13.4. The van der Waals surface area contributed by atoms with Gasteiger partial charge in [-0.2, -0.15) is 0 Å². The zero-order valence-corrected chi connectivity index (χ0v) is 11.3. The van der Waals surface area contributed by atoms with Crippen LogP contribution in [0.1, 0.15) is 24.8 Å². The average molecular weight is 247 g/mol. The Bertz CT molecular complexity index is 521. The molecular weight excluding hydrogens is 226 g/mol. The second kappa shape index (κ2) is 5.50. The quantitative estimate of drug-likeness (QED) is 0.881. The zero-order valence-electron chi connectivity index (χ0n) is 11.3. The first-order valence-electron chi connectivity index (χ1n) is 6.36. The van der Waals surface area contributed by atoms with Crippen LogP contribution >= 0.6 is 0 Å². The molecule has 0 spiro atoms. The summed E-state index contributed by atoms with van der Waals surface area (Å²) in [6, 6.07) is 6.68. The first-order valence-corrected chi connectivity index (χ1v) is 6.36. The third-order valence-electron chi connectivity index (χ3n) is 3.33. The van der Waals surface area contributed by atoms with E-state index in [0.717, 1.165) is 30.6 Å². The van der Waals surface area contributed by atoms with Crippen molar-refractivity contribution in [3.63, 3.8) is 0 Å². The maximum atomic E-state index is 5.59. The van der Waals surface area contributed by atoms with Crippen molar-refractivity contribution >= 4 is 11.1 Å². The molecule has 0 amide bonds. The number of hydrogen-bond acceptors (Lipinski definition) is 4. The lowest BCUT2D eigenvalue weighted by molar-refractivity contribution is 0.240. The number of aromatic nitrogens is 1. The van der Waals surface area contributed by atoms with Gasteiger partial charge in [0, 0.05) is 19.5 Å². The fraction of sp³-hybridized carbons (Fsp3) is 0.500. The zero-order chi connectivity index (χ0) is 13.1. The Morgan fingerprint density at radius 3 is 2.94 bits per heavy atom. The van der Waals surface area contributed by atoms with E-state index in [0.29, 0.717) is 11.9 Å². The van der Waals surface area contributed by atoms with Crippen LogP contribution in [0.3, 0.4) is 0 Å². The van der Waals surface area contributed by atoms with Crippen LogP contribution in [0, 0.1) is 6.92 Å². The first kappa shape index (κ1) is 13.1. The molecule has 1 aromatic carbocycles. The van der Waals surface area contributed by atoms with Crippen LogP contribution in [-0.2, 0) is 6.54 Å². The number of rotatable bonds is 5. The van der Waals surface area contributed by atoms with E-state index < -0.39 is 0 Å². The molecule has 1 aromatic heterocycles. The minimum atomic E-state index is 0.488. The highest BCUT2D eigenvalue weighted by Crippen LogP contribution is 2.18. The fourth-order valence-electron chi connectivity index (χ4n) is 2.09. The van der Waals surface area contributed by atoms with Crippen molar-refractivity contribution in [1.29, 1.82) is 0 Å². The average Bonchev–Trinajstić information content (AvgIpc) is 2.68. The summed E-state index contributed by atoms with van der Waals surface area (Å²) in [5.41, 5.74) is 8.62. The number of fused-ring (bicyclic) bond motifs is 1. The van der Waals surface area contributed by atoms with Crippen molar-refractivity contribution in [3.8, 4) is 0 Å². The molecule has 0 aliphatic rings. The van der Waals surface area contributed by atoms with Gasteiger partial charge in [0.05, 0.1) is 0 Å². The largest absolute Gasteiger partial charge is 0.441 e. The molecule has 2 rings (SSSR count). The minimum Gasteiger partial charge on any atom is -0.441 e. The highest BCUT2D eigenvalue weighted by Gasteiger charge is 2.10. The summed E-state index contributed by atoms with van der Waals surface area (Å²) in [6.07, 6.45) is 1.01. The standard InChI is InChI=1S/C14H21N3O/c1-10(6-7-15)17(3)9-12-4-5-13-14(8-12)18-11(2)16-13/h4-5,8,10H,6-7,9,15H2,1-3H3. The van der Waals surface area contributed by atoms with Crippen LogP contribution in [0.4, 0.5) is 0 Å². The Morgan fingerprint density at radius 1 is 1.44 bits per heavy atom. The molecule has 2 N–H and O–H groups in total. The van der Waals surface area contributed by atoms with Gasteiger partial charge in [-0.05, 0) is 44.6 Å². The lowest BCUT2D eigenvalue weighted by atomic mass is 10.1. The third-order valence-corrected chi connectivity index (χ3v) is 3.33. The van der Waals surface area contributed by atoms with Crippen molar-refractivity contribution in [2.24, 2.45) is 5.73 Å². The number of nitrogens with two attached hydrogens (primary N) is 1. The molecule has 0 radical (unpaired) electrons. The molecule has 1 unspecified atom stereocenters. The van der Waals surface area contributed by atoms with Gasteiger partial charge in [-0.1, -0.05) is 6.07 Å². The SMILES string of the molecule is Cc1nc2ccc(CN(C)C(C)CCN)cc2o1. The lowest BCUT2D eigenvalue weighted by Gasteiger charge is -2.24. The van der Waals surface area contributed by atoms with Gasteiger partial charge in [0.1, 0.15) is 5.52 Å². The maximum Gasteiger partial charge on any atom is 0.192 e. The molecule has 2 aromatic rings. The Labute approximate surface area is 108 Å². The molecule has 98 valence electrons. The van der Waals surface area contributed by atoms with Gasteiger partial charge in [0.15, 0.2) is 11.5 Å². The van der Waals surface area contributed by atoms with E-state index in [4.69, 9.17) is 10.2 Å². The minimum absolute atomic E-state index is 0.488. The molecule has 1 heterocycles. The third kappa shape index (κ3) is 2.89. The van der Waals surface area contributed by atoms with Crippen molar-refractivity contribution in [2.45, 2.75) is 32.9 Å². The van der Waals surface area contributed by atoms with Gasteiger partial charge in [0.25, 0.3) is 0 Å². The highest BCUT2D eigenvalue weighted by molar-refractivity contribution is 5.73. The molecule has 1 atom stereocenters. The Hall–Kier alpha value is -1.39. The Kier molecular flexibility index (Phi) is 3.99. The molecule has 18 heavy (non-hydrogen) atoms.